The fourth-order valence-corrected chi connectivity index (χ4v) is 3.82. The van der Waals surface area contributed by atoms with Gasteiger partial charge in [0.15, 0.2) is 5.78 Å². The Morgan fingerprint density at radius 1 is 1.05 bits per heavy atom. The van der Waals surface area contributed by atoms with E-state index in [0.717, 1.165) is 18.0 Å². The van der Waals surface area contributed by atoms with E-state index in [4.69, 9.17) is 0 Å². The maximum absolute atomic E-state index is 12.3. The van der Waals surface area contributed by atoms with Crippen LogP contribution in [0.15, 0.2) is 30.3 Å². The van der Waals surface area contributed by atoms with Crippen molar-refractivity contribution < 1.29 is 4.79 Å². The van der Waals surface area contributed by atoms with Crippen LogP contribution in [0.3, 0.4) is 0 Å². The van der Waals surface area contributed by atoms with Gasteiger partial charge in [0, 0.05) is 11.6 Å². The predicted octanol–water partition coefficient (Wildman–Crippen LogP) is 3.52. The molecule has 0 bridgehead atoms. The highest BCUT2D eigenvalue weighted by Crippen LogP contribution is 2.35. The Balaban J connectivity index is 1.66. The number of fused-ring (bicyclic) bond motifs is 1. The molecule has 3 rings (SSSR count). The smallest absolute Gasteiger partial charge is 0.176 e. The average Bonchev–Trinajstić information content (AvgIpc) is 2.48. The van der Waals surface area contributed by atoms with Crippen LogP contribution in [0.25, 0.3) is 0 Å². The second-order valence-corrected chi connectivity index (χ2v) is 6.01. The summed E-state index contributed by atoms with van der Waals surface area (Å²) in [5, 5.41) is 0. The summed E-state index contributed by atoms with van der Waals surface area (Å²) in [6.07, 6.45) is 8.05. The van der Waals surface area contributed by atoms with Crippen molar-refractivity contribution in [2.75, 3.05) is 13.1 Å². The molecule has 1 aromatic rings. The Labute approximate surface area is 115 Å². The lowest BCUT2D eigenvalue weighted by Crippen LogP contribution is -2.48. The van der Waals surface area contributed by atoms with Gasteiger partial charge in [0.25, 0.3) is 0 Å². The van der Waals surface area contributed by atoms with Crippen LogP contribution in [0.2, 0.25) is 0 Å². The third-order valence-corrected chi connectivity index (χ3v) is 4.80. The Morgan fingerprint density at radius 2 is 1.79 bits per heavy atom. The molecule has 0 amide bonds. The summed E-state index contributed by atoms with van der Waals surface area (Å²) in [7, 11) is 0. The van der Waals surface area contributed by atoms with Crippen LogP contribution in [0.4, 0.5) is 0 Å². The van der Waals surface area contributed by atoms with E-state index >= 15 is 0 Å². The number of hydrogen-bond donors (Lipinski definition) is 0. The van der Waals surface area contributed by atoms with Crippen LogP contribution in [0.1, 0.15) is 48.9 Å². The summed E-state index contributed by atoms with van der Waals surface area (Å²) in [6, 6.07) is 10.4. The number of carbonyl (C=O) groups excluding carboxylic acids is 1. The lowest BCUT2D eigenvalue weighted by molar-refractivity contribution is 0.0539. The van der Waals surface area contributed by atoms with Gasteiger partial charge in [0.2, 0.25) is 0 Å². The molecular weight excluding hydrogens is 234 g/mol. The minimum atomic E-state index is 0.284. The molecule has 1 aliphatic heterocycles. The number of Topliss-reactive ketones (excluding diaryl/α,β-unsaturated/α-hetero) is 1. The summed E-state index contributed by atoms with van der Waals surface area (Å²) in [6.45, 7) is 1.73. The number of hydrogen-bond acceptors (Lipinski definition) is 2. The van der Waals surface area contributed by atoms with Gasteiger partial charge >= 0.3 is 0 Å². The maximum atomic E-state index is 12.3. The first-order chi connectivity index (χ1) is 9.34. The van der Waals surface area contributed by atoms with Crippen LogP contribution >= 0.6 is 0 Å². The quantitative estimate of drug-likeness (QED) is 0.772. The van der Waals surface area contributed by atoms with Crippen molar-refractivity contribution in [3.05, 3.63) is 35.9 Å². The molecule has 0 aromatic heterocycles. The summed E-state index contributed by atoms with van der Waals surface area (Å²) in [5.74, 6) is 1.14. The molecule has 19 heavy (non-hydrogen) atoms. The van der Waals surface area contributed by atoms with E-state index in [1.807, 2.05) is 30.3 Å². The normalized spacial score (nSPS) is 27.8. The first-order valence-corrected chi connectivity index (χ1v) is 7.67. The number of rotatable bonds is 3. The number of nitrogens with zero attached hydrogens (tertiary/aromatic N) is 1. The number of piperidine rings is 1. The standard InChI is InChI=1S/C17H23NO/c19-17(15-8-2-1-3-9-15)13-18-12-6-10-14-7-4-5-11-16(14)18/h1-3,8-9,14,16H,4-7,10-13H2/t14-,16+/m0/s1. The zero-order chi connectivity index (χ0) is 13.1. The zero-order valence-corrected chi connectivity index (χ0v) is 11.6. The molecule has 2 nitrogen and oxygen atoms in total. The van der Waals surface area contributed by atoms with Crippen molar-refractivity contribution in [2.24, 2.45) is 5.92 Å². The zero-order valence-electron chi connectivity index (χ0n) is 11.6. The minimum Gasteiger partial charge on any atom is -0.293 e. The van der Waals surface area contributed by atoms with Crippen molar-refractivity contribution >= 4 is 5.78 Å². The number of carbonyl (C=O) groups is 1. The van der Waals surface area contributed by atoms with Crippen molar-refractivity contribution in [3.8, 4) is 0 Å². The molecule has 1 heterocycles. The molecule has 0 radical (unpaired) electrons. The lowest BCUT2D eigenvalue weighted by Gasteiger charge is -2.43. The fourth-order valence-electron chi connectivity index (χ4n) is 3.82. The third kappa shape index (κ3) is 2.89. The van der Waals surface area contributed by atoms with Gasteiger partial charge in [-0.1, -0.05) is 43.2 Å². The van der Waals surface area contributed by atoms with Gasteiger partial charge in [0.1, 0.15) is 0 Å². The van der Waals surface area contributed by atoms with E-state index in [1.165, 1.54) is 38.5 Å². The van der Waals surface area contributed by atoms with E-state index in [-0.39, 0.29) is 5.78 Å². The molecule has 0 unspecified atom stereocenters. The first kappa shape index (κ1) is 12.9. The lowest BCUT2D eigenvalue weighted by atomic mass is 9.78. The van der Waals surface area contributed by atoms with Crippen molar-refractivity contribution in [3.63, 3.8) is 0 Å². The molecule has 1 aromatic carbocycles. The number of ketones is 1. The average molecular weight is 257 g/mol. The molecule has 2 aliphatic rings. The number of benzene rings is 1. The first-order valence-electron chi connectivity index (χ1n) is 7.67. The maximum Gasteiger partial charge on any atom is 0.176 e. The molecule has 102 valence electrons. The van der Waals surface area contributed by atoms with E-state index in [0.29, 0.717) is 12.6 Å². The van der Waals surface area contributed by atoms with E-state index in [2.05, 4.69) is 4.90 Å². The van der Waals surface area contributed by atoms with Gasteiger partial charge in [-0.25, -0.2) is 0 Å². The molecule has 1 aliphatic carbocycles. The largest absolute Gasteiger partial charge is 0.293 e. The van der Waals surface area contributed by atoms with Gasteiger partial charge in [-0.3, -0.25) is 9.69 Å². The van der Waals surface area contributed by atoms with E-state index < -0.39 is 0 Å². The molecule has 2 heteroatoms. The Kier molecular flexibility index (Phi) is 3.97. The molecule has 0 N–H and O–H groups in total. The second-order valence-electron chi connectivity index (χ2n) is 6.01. The van der Waals surface area contributed by atoms with Gasteiger partial charge in [0.05, 0.1) is 6.54 Å². The Bertz CT molecular complexity index is 426. The monoisotopic (exact) mass is 257 g/mol. The van der Waals surface area contributed by atoms with E-state index in [9.17, 15) is 4.79 Å². The van der Waals surface area contributed by atoms with Gasteiger partial charge in [-0.05, 0) is 38.1 Å². The SMILES string of the molecule is O=C(CN1CCC[C@@H]2CCCC[C@H]21)c1ccccc1. The summed E-state index contributed by atoms with van der Waals surface area (Å²) < 4.78 is 0. The Hall–Kier alpha value is -1.15. The highest BCUT2D eigenvalue weighted by Gasteiger charge is 2.33. The molecule has 0 spiro atoms. The summed E-state index contributed by atoms with van der Waals surface area (Å²) >= 11 is 0. The second kappa shape index (κ2) is 5.87. The minimum absolute atomic E-state index is 0.284. The highest BCUT2D eigenvalue weighted by atomic mass is 16.1. The molecule has 1 saturated heterocycles. The topological polar surface area (TPSA) is 20.3 Å². The number of likely N-dealkylation sites (tertiary alicyclic amines) is 1. The summed E-state index contributed by atoms with van der Waals surface area (Å²) in [5.41, 5.74) is 0.862. The molecular formula is C17H23NO. The van der Waals surface area contributed by atoms with Crippen LogP contribution in [0.5, 0.6) is 0 Å². The van der Waals surface area contributed by atoms with Crippen LogP contribution in [-0.2, 0) is 0 Å². The van der Waals surface area contributed by atoms with E-state index in [1.54, 1.807) is 0 Å². The third-order valence-electron chi connectivity index (χ3n) is 4.80. The summed E-state index contributed by atoms with van der Waals surface area (Å²) in [4.78, 5) is 14.8. The van der Waals surface area contributed by atoms with Crippen LogP contribution in [0, 0.1) is 5.92 Å². The van der Waals surface area contributed by atoms with Gasteiger partial charge < -0.3 is 0 Å². The van der Waals surface area contributed by atoms with Crippen molar-refractivity contribution in [2.45, 2.75) is 44.6 Å². The molecule has 2 atom stereocenters. The Morgan fingerprint density at radius 3 is 2.63 bits per heavy atom. The van der Waals surface area contributed by atoms with Crippen molar-refractivity contribution in [1.29, 1.82) is 0 Å². The molecule has 2 fully saturated rings. The predicted molar refractivity (Wildman–Crippen MR) is 77.3 cm³/mol. The molecule has 1 saturated carbocycles. The van der Waals surface area contributed by atoms with Crippen LogP contribution in [-0.4, -0.2) is 29.8 Å². The van der Waals surface area contributed by atoms with Crippen LogP contribution < -0.4 is 0 Å². The van der Waals surface area contributed by atoms with Crippen molar-refractivity contribution in [1.82, 2.24) is 4.90 Å². The fraction of sp³-hybridized carbons (Fsp3) is 0.588. The van der Waals surface area contributed by atoms with Gasteiger partial charge in [-0.2, -0.15) is 0 Å². The highest BCUT2D eigenvalue weighted by molar-refractivity contribution is 5.97. The van der Waals surface area contributed by atoms with Gasteiger partial charge in [-0.15, -0.1) is 0 Å².